The number of hydrogen-bond acceptors (Lipinski definition) is 5. The van der Waals surface area contributed by atoms with Gasteiger partial charge < -0.3 is 10.0 Å². The number of benzene rings is 1. The normalized spacial score (nSPS) is 11.1. The van der Waals surface area contributed by atoms with Crippen LogP contribution in [-0.2, 0) is 14.1 Å². The van der Waals surface area contributed by atoms with Crippen molar-refractivity contribution in [2.75, 3.05) is 18.0 Å². The molecule has 0 radical (unpaired) electrons. The predicted octanol–water partition coefficient (Wildman–Crippen LogP) is 1.53. The Labute approximate surface area is 151 Å². The Bertz CT molecular complexity index is 948. The first-order valence-corrected chi connectivity index (χ1v) is 8.38. The maximum Gasteiger partial charge on any atom is 0.333 e. The van der Waals surface area contributed by atoms with Crippen molar-refractivity contribution in [3.05, 3.63) is 62.3 Å². The first-order valence-electron chi connectivity index (χ1n) is 8.38. The van der Waals surface area contributed by atoms with Gasteiger partial charge in [0.25, 0.3) is 5.56 Å². The molecule has 138 valence electrons. The molecule has 0 unspecified atom stereocenters. The number of aromatic hydroxyl groups is 1. The van der Waals surface area contributed by atoms with Gasteiger partial charge in [0, 0.05) is 32.9 Å². The zero-order chi connectivity index (χ0) is 19.4. The van der Waals surface area contributed by atoms with E-state index in [0.29, 0.717) is 0 Å². The van der Waals surface area contributed by atoms with E-state index in [1.54, 1.807) is 6.08 Å². The highest BCUT2D eigenvalue weighted by Crippen LogP contribution is 2.16. The molecule has 7 nitrogen and oxygen atoms in total. The van der Waals surface area contributed by atoms with E-state index in [4.69, 9.17) is 0 Å². The van der Waals surface area contributed by atoms with Gasteiger partial charge in [0.15, 0.2) is 5.78 Å². The van der Waals surface area contributed by atoms with Crippen LogP contribution >= 0.6 is 0 Å². The standard InChI is InChI=1S/C19H23N3O4/c1-5-22(6-2)14-10-7-13(8-11-14)9-12-15(23)16-17(24)20(3)19(26)21(4)18(16)25/h7-12,24H,5-6H2,1-4H3. The molecule has 1 N–H and O–H groups in total. The predicted molar refractivity (Wildman–Crippen MR) is 102 cm³/mol. The van der Waals surface area contributed by atoms with Crippen LogP contribution < -0.4 is 16.1 Å². The minimum atomic E-state index is -0.822. The minimum Gasteiger partial charge on any atom is -0.494 e. The first kappa shape index (κ1) is 19.2. The van der Waals surface area contributed by atoms with Crippen LogP contribution in [0.15, 0.2) is 39.9 Å². The largest absolute Gasteiger partial charge is 0.494 e. The maximum absolute atomic E-state index is 12.4. The third kappa shape index (κ3) is 3.61. The first-order chi connectivity index (χ1) is 12.3. The van der Waals surface area contributed by atoms with Crippen molar-refractivity contribution in [2.24, 2.45) is 14.1 Å². The maximum atomic E-state index is 12.4. The van der Waals surface area contributed by atoms with Gasteiger partial charge in [-0.1, -0.05) is 18.2 Å². The van der Waals surface area contributed by atoms with E-state index in [2.05, 4.69) is 18.7 Å². The summed E-state index contributed by atoms with van der Waals surface area (Å²) >= 11 is 0. The Morgan fingerprint density at radius 2 is 1.65 bits per heavy atom. The Morgan fingerprint density at radius 3 is 2.19 bits per heavy atom. The summed E-state index contributed by atoms with van der Waals surface area (Å²) in [5.41, 5.74) is -0.0683. The number of hydrogen-bond donors (Lipinski definition) is 1. The zero-order valence-electron chi connectivity index (χ0n) is 15.4. The highest BCUT2D eigenvalue weighted by molar-refractivity contribution is 6.08. The second-order valence-corrected chi connectivity index (χ2v) is 5.87. The van der Waals surface area contributed by atoms with E-state index in [9.17, 15) is 19.5 Å². The molecule has 7 heteroatoms. The van der Waals surface area contributed by atoms with Crippen molar-refractivity contribution in [1.82, 2.24) is 9.13 Å². The monoisotopic (exact) mass is 357 g/mol. The van der Waals surface area contributed by atoms with Gasteiger partial charge >= 0.3 is 5.69 Å². The molecule has 1 aromatic carbocycles. The molecule has 26 heavy (non-hydrogen) atoms. The van der Waals surface area contributed by atoms with Gasteiger partial charge in [-0.2, -0.15) is 0 Å². The number of rotatable bonds is 6. The summed E-state index contributed by atoms with van der Waals surface area (Å²) in [5.74, 6) is -1.30. The number of allylic oxidation sites excluding steroid dienone is 1. The third-order valence-corrected chi connectivity index (χ3v) is 4.33. The van der Waals surface area contributed by atoms with Crippen LogP contribution in [0.25, 0.3) is 6.08 Å². The van der Waals surface area contributed by atoms with Crippen LogP contribution in [0.4, 0.5) is 5.69 Å². The van der Waals surface area contributed by atoms with Crippen molar-refractivity contribution >= 4 is 17.5 Å². The van der Waals surface area contributed by atoms with Crippen LogP contribution in [0.5, 0.6) is 5.88 Å². The van der Waals surface area contributed by atoms with Crippen LogP contribution in [0.2, 0.25) is 0 Å². The van der Waals surface area contributed by atoms with Crippen LogP contribution in [0.1, 0.15) is 29.8 Å². The molecule has 0 saturated heterocycles. The zero-order valence-corrected chi connectivity index (χ0v) is 15.4. The lowest BCUT2D eigenvalue weighted by Crippen LogP contribution is -2.39. The van der Waals surface area contributed by atoms with Crippen molar-refractivity contribution < 1.29 is 9.90 Å². The molecular weight excluding hydrogens is 334 g/mol. The molecule has 2 aromatic rings. The molecule has 0 atom stereocenters. The van der Waals surface area contributed by atoms with Gasteiger partial charge in [0.1, 0.15) is 5.56 Å². The Kier molecular flexibility index (Phi) is 5.82. The third-order valence-electron chi connectivity index (χ3n) is 4.33. The van der Waals surface area contributed by atoms with E-state index in [1.807, 2.05) is 24.3 Å². The van der Waals surface area contributed by atoms with E-state index in [1.165, 1.54) is 20.2 Å². The van der Waals surface area contributed by atoms with Crippen molar-refractivity contribution in [2.45, 2.75) is 13.8 Å². The average Bonchev–Trinajstić information content (AvgIpc) is 2.65. The SMILES string of the molecule is CCN(CC)c1ccc(C=CC(=O)c2c(O)n(C)c(=O)n(C)c2=O)cc1. The molecule has 0 fully saturated rings. The molecular formula is C19H23N3O4. The molecule has 0 spiro atoms. The fourth-order valence-corrected chi connectivity index (χ4v) is 2.69. The summed E-state index contributed by atoms with van der Waals surface area (Å²) < 4.78 is 1.65. The molecule has 0 amide bonds. The second kappa shape index (κ2) is 7.86. The summed E-state index contributed by atoms with van der Waals surface area (Å²) in [4.78, 5) is 38.4. The van der Waals surface area contributed by atoms with Crippen LogP contribution in [0, 0.1) is 0 Å². The van der Waals surface area contributed by atoms with Gasteiger partial charge in [-0.3, -0.25) is 18.7 Å². The molecule has 0 aliphatic rings. The summed E-state index contributed by atoms with van der Waals surface area (Å²) in [6, 6.07) is 7.66. The lowest BCUT2D eigenvalue weighted by Gasteiger charge is -2.20. The van der Waals surface area contributed by atoms with Gasteiger partial charge in [-0.25, -0.2) is 4.79 Å². The molecule has 0 saturated carbocycles. The van der Waals surface area contributed by atoms with E-state index in [0.717, 1.165) is 33.5 Å². The lowest BCUT2D eigenvalue weighted by atomic mass is 10.1. The van der Waals surface area contributed by atoms with Crippen LogP contribution in [-0.4, -0.2) is 33.1 Å². The fraction of sp³-hybridized carbons (Fsp3) is 0.316. The molecule has 2 rings (SSSR count). The van der Waals surface area contributed by atoms with E-state index >= 15 is 0 Å². The van der Waals surface area contributed by atoms with Gasteiger partial charge in [0.05, 0.1) is 0 Å². The Balaban J connectivity index is 2.31. The summed E-state index contributed by atoms with van der Waals surface area (Å²) in [5, 5.41) is 9.99. The highest BCUT2D eigenvalue weighted by atomic mass is 16.3. The van der Waals surface area contributed by atoms with Gasteiger partial charge in [-0.05, 0) is 37.6 Å². The smallest absolute Gasteiger partial charge is 0.333 e. The van der Waals surface area contributed by atoms with E-state index in [-0.39, 0.29) is 0 Å². The molecule has 0 aliphatic heterocycles. The molecule has 0 bridgehead atoms. The molecule has 1 aromatic heterocycles. The quantitative estimate of drug-likeness (QED) is 0.626. The lowest BCUT2D eigenvalue weighted by molar-refractivity contribution is 0.104. The number of carbonyl (C=O) groups is 1. The number of anilines is 1. The number of ketones is 1. The number of carbonyl (C=O) groups excluding carboxylic acids is 1. The summed E-state index contributed by atoms with van der Waals surface area (Å²) in [6.45, 7) is 5.96. The molecule has 0 aliphatic carbocycles. The summed E-state index contributed by atoms with van der Waals surface area (Å²) in [7, 11) is 2.56. The highest BCUT2D eigenvalue weighted by Gasteiger charge is 2.19. The van der Waals surface area contributed by atoms with Gasteiger partial charge in [-0.15, -0.1) is 0 Å². The number of nitrogens with zero attached hydrogens (tertiary/aromatic N) is 3. The minimum absolute atomic E-state index is 0.425. The van der Waals surface area contributed by atoms with Crippen molar-refractivity contribution in [3.8, 4) is 5.88 Å². The second-order valence-electron chi connectivity index (χ2n) is 5.87. The number of aromatic nitrogens is 2. The van der Waals surface area contributed by atoms with Gasteiger partial charge in [0.2, 0.25) is 5.88 Å². The van der Waals surface area contributed by atoms with E-state index < -0.39 is 28.5 Å². The molecule has 1 heterocycles. The Morgan fingerprint density at radius 1 is 1.08 bits per heavy atom. The van der Waals surface area contributed by atoms with Crippen LogP contribution in [0.3, 0.4) is 0 Å². The average molecular weight is 357 g/mol. The fourth-order valence-electron chi connectivity index (χ4n) is 2.69. The Hall–Kier alpha value is -3.09. The van der Waals surface area contributed by atoms with Crippen molar-refractivity contribution in [1.29, 1.82) is 0 Å². The topological polar surface area (TPSA) is 84.5 Å². The van der Waals surface area contributed by atoms with Crippen molar-refractivity contribution in [3.63, 3.8) is 0 Å². The summed E-state index contributed by atoms with van der Waals surface area (Å²) in [6.07, 6.45) is 2.78.